The Morgan fingerprint density at radius 3 is 2.75 bits per heavy atom. The molecule has 120 valence electrons. The molecule has 0 bridgehead atoms. The lowest BCUT2D eigenvalue weighted by Crippen LogP contribution is -2.29. The number of nitrogens with one attached hydrogen (secondary N) is 1. The van der Waals surface area contributed by atoms with Crippen LogP contribution in [0.15, 0.2) is 53.5 Å². The molecule has 5 heteroatoms. The maximum absolute atomic E-state index is 12.7. The van der Waals surface area contributed by atoms with Crippen molar-refractivity contribution in [3.8, 4) is 0 Å². The zero-order valence-electron chi connectivity index (χ0n) is 12.9. The Morgan fingerprint density at radius 1 is 1.17 bits per heavy atom. The third-order valence-corrected chi connectivity index (χ3v) is 4.67. The third kappa shape index (κ3) is 2.49. The van der Waals surface area contributed by atoms with Gasteiger partial charge in [-0.3, -0.25) is 9.59 Å². The quantitative estimate of drug-likeness (QED) is 0.797. The fourth-order valence-corrected chi connectivity index (χ4v) is 3.32. The van der Waals surface area contributed by atoms with Crippen molar-refractivity contribution in [3.05, 3.63) is 80.6 Å². The first kappa shape index (κ1) is 15.0. The number of nitrogens with zero attached hydrogens (tertiary/aromatic N) is 1. The minimum Gasteiger partial charge on any atom is -0.348 e. The summed E-state index contributed by atoms with van der Waals surface area (Å²) in [5.74, 6) is -0.349. The SMILES string of the molecule is O=C(NCc1ccc(Cl)cc1)c1cn2c3c(cccc3c1=O)CC2. The number of para-hydroxylation sites is 1. The predicted molar refractivity (Wildman–Crippen MR) is 94.5 cm³/mol. The van der Waals surface area contributed by atoms with Crippen molar-refractivity contribution in [2.24, 2.45) is 0 Å². The van der Waals surface area contributed by atoms with Crippen molar-refractivity contribution in [2.45, 2.75) is 19.5 Å². The molecule has 1 aromatic heterocycles. The van der Waals surface area contributed by atoms with Gasteiger partial charge in [0, 0.05) is 29.7 Å². The Hall–Kier alpha value is -2.59. The van der Waals surface area contributed by atoms with Gasteiger partial charge in [-0.1, -0.05) is 35.9 Å². The van der Waals surface area contributed by atoms with Gasteiger partial charge in [0.25, 0.3) is 5.91 Å². The summed E-state index contributed by atoms with van der Waals surface area (Å²) in [6.45, 7) is 1.15. The molecule has 2 aromatic carbocycles. The average molecular weight is 339 g/mol. The summed E-state index contributed by atoms with van der Waals surface area (Å²) in [6.07, 6.45) is 2.57. The second-order valence-corrected chi connectivity index (χ2v) is 6.37. The van der Waals surface area contributed by atoms with Crippen LogP contribution in [-0.2, 0) is 19.5 Å². The summed E-state index contributed by atoms with van der Waals surface area (Å²) in [7, 11) is 0. The summed E-state index contributed by atoms with van der Waals surface area (Å²) in [5, 5.41) is 4.08. The van der Waals surface area contributed by atoms with Crippen molar-refractivity contribution in [3.63, 3.8) is 0 Å². The van der Waals surface area contributed by atoms with E-state index in [1.807, 2.05) is 28.8 Å². The molecule has 0 spiro atoms. The first-order valence-electron chi connectivity index (χ1n) is 7.81. The van der Waals surface area contributed by atoms with E-state index in [1.54, 1.807) is 24.4 Å². The second kappa shape index (κ2) is 5.80. The van der Waals surface area contributed by atoms with Gasteiger partial charge < -0.3 is 9.88 Å². The Bertz CT molecular complexity index is 1010. The van der Waals surface area contributed by atoms with Crippen molar-refractivity contribution in [1.29, 1.82) is 0 Å². The second-order valence-electron chi connectivity index (χ2n) is 5.94. The number of aromatic nitrogens is 1. The summed E-state index contributed by atoms with van der Waals surface area (Å²) in [4.78, 5) is 25.2. The van der Waals surface area contributed by atoms with E-state index in [9.17, 15) is 9.59 Å². The molecule has 1 aliphatic rings. The number of hydrogen-bond acceptors (Lipinski definition) is 2. The summed E-state index contributed by atoms with van der Waals surface area (Å²) < 4.78 is 2.00. The van der Waals surface area contributed by atoms with Crippen LogP contribution in [0.4, 0.5) is 0 Å². The molecule has 1 N–H and O–H groups in total. The number of carbonyl (C=O) groups is 1. The highest BCUT2D eigenvalue weighted by Gasteiger charge is 2.20. The van der Waals surface area contributed by atoms with Crippen LogP contribution in [-0.4, -0.2) is 10.5 Å². The van der Waals surface area contributed by atoms with Crippen molar-refractivity contribution < 1.29 is 4.79 Å². The Labute approximate surface area is 143 Å². The van der Waals surface area contributed by atoms with Gasteiger partial charge in [0.15, 0.2) is 0 Å². The Kier molecular flexibility index (Phi) is 3.62. The fraction of sp³-hybridized carbons (Fsp3) is 0.158. The fourth-order valence-electron chi connectivity index (χ4n) is 3.20. The van der Waals surface area contributed by atoms with Gasteiger partial charge in [-0.2, -0.15) is 0 Å². The normalized spacial score (nSPS) is 12.5. The lowest BCUT2D eigenvalue weighted by molar-refractivity contribution is 0.0949. The molecule has 4 nitrogen and oxygen atoms in total. The third-order valence-electron chi connectivity index (χ3n) is 4.41. The minimum absolute atomic E-state index is 0.190. The van der Waals surface area contributed by atoms with Crippen LogP contribution in [0.5, 0.6) is 0 Å². The molecule has 4 rings (SSSR count). The summed E-state index contributed by atoms with van der Waals surface area (Å²) in [5.41, 5.74) is 3.03. The van der Waals surface area contributed by atoms with Crippen LogP contribution in [0.1, 0.15) is 21.5 Å². The van der Waals surface area contributed by atoms with Gasteiger partial charge in [0.2, 0.25) is 5.43 Å². The van der Waals surface area contributed by atoms with Gasteiger partial charge in [-0.05, 0) is 35.7 Å². The number of benzene rings is 2. The Balaban J connectivity index is 1.65. The summed E-state index contributed by atoms with van der Waals surface area (Å²) >= 11 is 5.85. The largest absolute Gasteiger partial charge is 0.348 e. The first-order chi connectivity index (χ1) is 11.6. The van der Waals surface area contributed by atoms with Crippen LogP contribution in [0, 0.1) is 0 Å². The average Bonchev–Trinajstić information content (AvgIpc) is 3.01. The maximum atomic E-state index is 12.7. The van der Waals surface area contributed by atoms with E-state index >= 15 is 0 Å². The van der Waals surface area contributed by atoms with E-state index in [0.29, 0.717) is 17.0 Å². The van der Waals surface area contributed by atoms with Gasteiger partial charge in [0.05, 0.1) is 5.52 Å². The smallest absolute Gasteiger partial charge is 0.257 e. The molecule has 0 fully saturated rings. The van der Waals surface area contributed by atoms with Gasteiger partial charge >= 0.3 is 0 Å². The topological polar surface area (TPSA) is 51.1 Å². The van der Waals surface area contributed by atoms with Gasteiger partial charge in [0.1, 0.15) is 5.56 Å². The highest BCUT2D eigenvalue weighted by Crippen LogP contribution is 2.23. The minimum atomic E-state index is -0.349. The number of halogens is 1. The molecule has 2 heterocycles. The lowest BCUT2D eigenvalue weighted by Gasteiger charge is -2.09. The lowest BCUT2D eigenvalue weighted by atomic mass is 10.1. The monoisotopic (exact) mass is 338 g/mol. The Morgan fingerprint density at radius 2 is 1.96 bits per heavy atom. The number of carbonyl (C=O) groups excluding carboxylic acids is 1. The van der Waals surface area contributed by atoms with Crippen LogP contribution >= 0.6 is 11.6 Å². The van der Waals surface area contributed by atoms with E-state index in [1.165, 1.54) is 0 Å². The molecule has 24 heavy (non-hydrogen) atoms. The molecule has 0 aliphatic carbocycles. The molecule has 1 aliphatic heterocycles. The standard InChI is InChI=1S/C19H15ClN2O2/c20-14-6-4-12(5-7-14)10-21-19(24)16-11-22-9-8-13-2-1-3-15(17(13)22)18(16)23/h1-7,11H,8-10H2,(H,21,24). The molecule has 0 radical (unpaired) electrons. The van der Waals surface area contributed by atoms with Gasteiger partial charge in [-0.15, -0.1) is 0 Å². The van der Waals surface area contributed by atoms with Crippen LogP contribution in [0.25, 0.3) is 10.9 Å². The van der Waals surface area contributed by atoms with Crippen LogP contribution in [0.2, 0.25) is 5.02 Å². The zero-order valence-corrected chi connectivity index (χ0v) is 13.6. The molecule has 0 saturated heterocycles. The highest BCUT2D eigenvalue weighted by atomic mass is 35.5. The van der Waals surface area contributed by atoms with Crippen LogP contribution < -0.4 is 10.7 Å². The molecule has 0 saturated carbocycles. The number of rotatable bonds is 3. The molecule has 1 amide bonds. The van der Waals surface area contributed by atoms with E-state index in [-0.39, 0.29) is 16.9 Å². The molecule has 0 unspecified atom stereocenters. The maximum Gasteiger partial charge on any atom is 0.257 e. The molecule has 0 atom stereocenters. The zero-order chi connectivity index (χ0) is 16.7. The molecular weight excluding hydrogens is 324 g/mol. The molecular formula is C19H15ClN2O2. The van der Waals surface area contributed by atoms with E-state index < -0.39 is 0 Å². The van der Waals surface area contributed by atoms with Gasteiger partial charge in [-0.25, -0.2) is 0 Å². The highest BCUT2D eigenvalue weighted by molar-refractivity contribution is 6.30. The van der Waals surface area contributed by atoms with Crippen molar-refractivity contribution >= 4 is 28.4 Å². The number of aryl methyl sites for hydroxylation is 2. The van der Waals surface area contributed by atoms with E-state index in [2.05, 4.69) is 5.32 Å². The van der Waals surface area contributed by atoms with Crippen molar-refractivity contribution in [1.82, 2.24) is 9.88 Å². The van der Waals surface area contributed by atoms with Crippen LogP contribution in [0.3, 0.4) is 0 Å². The molecule has 3 aromatic rings. The predicted octanol–water partition coefficient (Wildman–Crippen LogP) is 3.14. The van der Waals surface area contributed by atoms with E-state index in [4.69, 9.17) is 11.6 Å². The first-order valence-corrected chi connectivity index (χ1v) is 8.19. The number of amides is 1. The number of hydrogen-bond donors (Lipinski definition) is 1. The number of pyridine rings is 1. The van der Waals surface area contributed by atoms with E-state index in [0.717, 1.165) is 29.6 Å². The van der Waals surface area contributed by atoms with Crippen molar-refractivity contribution in [2.75, 3.05) is 0 Å². The summed E-state index contributed by atoms with van der Waals surface area (Å²) in [6, 6.07) is 12.9.